The van der Waals surface area contributed by atoms with Gasteiger partial charge in [-0.25, -0.2) is 0 Å². The second-order valence-electron chi connectivity index (χ2n) is 5.36. The summed E-state index contributed by atoms with van der Waals surface area (Å²) in [5.74, 6) is 0. The number of ether oxygens (including phenoxy) is 1. The molecule has 2 fully saturated rings. The Labute approximate surface area is 87.4 Å². The van der Waals surface area contributed by atoms with Gasteiger partial charge in [-0.05, 0) is 51.0 Å². The fourth-order valence-electron chi connectivity index (χ4n) is 3.07. The maximum atomic E-state index is 5.91. The van der Waals surface area contributed by atoms with Crippen molar-refractivity contribution in [1.82, 2.24) is 5.32 Å². The molecule has 0 unspecified atom stereocenters. The number of piperidine rings is 1. The largest absolute Gasteiger partial charge is 0.375 e. The molecule has 0 radical (unpaired) electrons. The molecule has 2 rings (SSSR count). The van der Waals surface area contributed by atoms with Crippen LogP contribution in [-0.2, 0) is 4.74 Å². The summed E-state index contributed by atoms with van der Waals surface area (Å²) in [6.45, 7) is 7.92. The molecule has 1 N–H and O–H groups in total. The average Bonchev–Trinajstić information content (AvgIpc) is 2.19. The predicted molar refractivity (Wildman–Crippen MR) is 58.4 cm³/mol. The summed E-state index contributed by atoms with van der Waals surface area (Å²) in [5.41, 5.74) is 0.707. The molecule has 0 aromatic carbocycles. The van der Waals surface area contributed by atoms with E-state index in [9.17, 15) is 0 Å². The molecule has 2 aliphatic heterocycles. The van der Waals surface area contributed by atoms with Crippen molar-refractivity contribution in [2.24, 2.45) is 5.41 Å². The monoisotopic (exact) mass is 197 g/mol. The van der Waals surface area contributed by atoms with E-state index in [1.165, 1.54) is 38.8 Å². The lowest BCUT2D eigenvalue weighted by molar-refractivity contribution is -0.122. The lowest BCUT2D eigenvalue weighted by atomic mass is 9.68. The van der Waals surface area contributed by atoms with E-state index in [4.69, 9.17) is 4.74 Å². The summed E-state index contributed by atoms with van der Waals surface area (Å²) in [6.07, 6.45) is 6.41. The SMILES string of the molecule is CC[C@]1(C)C[C@]2(CCCNC2)CCO1. The van der Waals surface area contributed by atoms with Crippen molar-refractivity contribution in [1.29, 1.82) is 0 Å². The van der Waals surface area contributed by atoms with E-state index in [-0.39, 0.29) is 5.60 Å². The third-order valence-electron chi connectivity index (χ3n) is 4.14. The number of hydrogen-bond donors (Lipinski definition) is 1. The molecule has 0 aromatic heterocycles. The molecule has 2 saturated heterocycles. The van der Waals surface area contributed by atoms with Crippen LogP contribution < -0.4 is 5.32 Å². The van der Waals surface area contributed by atoms with E-state index in [0.29, 0.717) is 5.41 Å². The maximum absolute atomic E-state index is 5.91. The van der Waals surface area contributed by atoms with E-state index >= 15 is 0 Å². The molecule has 0 aliphatic carbocycles. The highest BCUT2D eigenvalue weighted by atomic mass is 16.5. The maximum Gasteiger partial charge on any atom is 0.0657 e. The van der Waals surface area contributed by atoms with Gasteiger partial charge in [-0.3, -0.25) is 0 Å². The van der Waals surface area contributed by atoms with Crippen molar-refractivity contribution < 1.29 is 4.74 Å². The fourth-order valence-corrected chi connectivity index (χ4v) is 3.07. The molecule has 2 atom stereocenters. The minimum atomic E-state index is 0.150. The first kappa shape index (κ1) is 10.4. The second kappa shape index (κ2) is 3.82. The van der Waals surface area contributed by atoms with Crippen LogP contribution in [-0.4, -0.2) is 25.3 Å². The third-order valence-corrected chi connectivity index (χ3v) is 4.14. The minimum absolute atomic E-state index is 0.150. The highest BCUT2D eigenvalue weighted by Crippen LogP contribution is 2.44. The van der Waals surface area contributed by atoms with Gasteiger partial charge in [0.2, 0.25) is 0 Å². The molecular weight excluding hydrogens is 174 g/mol. The zero-order valence-electron chi connectivity index (χ0n) is 9.57. The van der Waals surface area contributed by atoms with Crippen LogP contribution in [0.3, 0.4) is 0 Å². The Hall–Kier alpha value is -0.0800. The van der Waals surface area contributed by atoms with E-state index in [1.54, 1.807) is 0 Å². The lowest BCUT2D eigenvalue weighted by Crippen LogP contribution is -2.50. The zero-order valence-corrected chi connectivity index (χ0v) is 9.57. The molecule has 0 amide bonds. The molecule has 14 heavy (non-hydrogen) atoms. The van der Waals surface area contributed by atoms with Crippen molar-refractivity contribution in [3.05, 3.63) is 0 Å². The van der Waals surface area contributed by atoms with E-state index in [2.05, 4.69) is 19.2 Å². The van der Waals surface area contributed by atoms with E-state index in [1.807, 2.05) is 0 Å². The van der Waals surface area contributed by atoms with Gasteiger partial charge >= 0.3 is 0 Å². The van der Waals surface area contributed by atoms with Crippen molar-refractivity contribution in [2.45, 2.75) is 51.6 Å². The van der Waals surface area contributed by atoms with Gasteiger partial charge in [-0.15, -0.1) is 0 Å². The normalized spacial score (nSPS) is 44.1. The molecular formula is C12H23NO. The summed E-state index contributed by atoms with van der Waals surface area (Å²) >= 11 is 0. The van der Waals surface area contributed by atoms with Crippen LogP contribution in [0, 0.1) is 5.41 Å². The van der Waals surface area contributed by atoms with Crippen molar-refractivity contribution in [3.63, 3.8) is 0 Å². The van der Waals surface area contributed by atoms with Gasteiger partial charge in [0.05, 0.1) is 5.60 Å². The standard InChI is InChI=1S/C12H23NO/c1-3-11(2)9-12(6-8-14-11)5-4-7-13-10-12/h13H,3-10H2,1-2H3/t11-,12+/m1/s1. The smallest absolute Gasteiger partial charge is 0.0657 e. The summed E-state index contributed by atoms with van der Waals surface area (Å²) in [6, 6.07) is 0. The van der Waals surface area contributed by atoms with Gasteiger partial charge in [0.1, 0.15) is 0 Å². The quantitative estimate of drug-likeness (QED) is 0.696. The zero-order chi connectivity index (χ0) is 10.1. The van der Waals surface area contributed by atoms with Crippen LogP contribution in [0.15, 0.2) is 0 Å². The second-order valence-corrected chi connectivity index (χ2v) is 5.36. The summed E-state index contributed by atoms with van der Waals surface area (Å²) in [5, 5.41) is 3.55. The summed E-state index contributed by atoms with van der Waals surface area (Å²) in [7, 11) is 0. The van der Waals surface area contributed by atoms with Crippen molar-refractivity contribution >= 4 is 0 Å². The van der Waals surface area contributed by atoms with Crippen LogP contribution in [0.2, 0.25) is 0 Å². The Morgan fingerprint density at radius 3 is 2.86 bits per heavy atom. The van der Waals surface area contributed by atoms with Crippen LogP contribution in [0.4, 0.5) is 0 Å². The van der Waals surface area contributed by atoms with Crippen LogP contribution in [0.25, 0.3) is 0 Å². The highest BCUT2D eigenvalue weighted by molar-refractivity contribution is 4.94. The molecule has 2 nitrogen and oxygen atoms in total. The molecule has 82 valence electrons. The Morgan fingerprint density at radius 2 is 2.21 bits per heavy atom. The first-order chi connectivity index (χ1) is 6.68. The van der Waals surface area contributed by atoms with E-state index in [0.717, 1.165) is 13.0 Å². The van der Waals surface area contributed by atoms with Gasteiger partial charge in [-0.2, -0.15) is 0 Å². The summed E-state index contributed by atoms with van der Waals surface area (Å²) in [4.78, 5) is 0. The first-order valence-corrected chi connectivity index (χ1v) is 6.03. The topological polar surface area (TPSA) is 21.3 Å². The Balaban J connectivity index is 2.04. The van der Waals surface area contributed by atoms with Gasteiger partial charge < -0.3 is 10.1 Å². The molecule has 0 saturated carbocycles. The van der Waals surface area contributed by atoms with Crippen LogP contribution >= 0.6 is 0 Å². The van der Waals surface area contributed by atoms with E-state index < -0.39 is 0 Å². The van der Waals surface area contributed by atoms with Crippen LogP contribution in [0.5, 0.6) is 0 Å². The molecule has 0 bridgehead atoms. The molecule has 1 spiro atoms. The fraction of sp³-hybridized carbons (Fsp3) is 1.00. The lowest BCUT2D eigenvalue weighted by Gasteiger charge is -2.48. The first-order valence-electron chi connectivity index (χ1n) is 6.03. The highest BCUT2D eigenvalue weighted by Gasteiger charge is 2.42. The molecule has 2 heteroatoms. The summed E-state index contributed by atoms with van der Waals surface area (Å²) < 4.78 is 5.91. The Bertz CT molecular complexity index is 193. The average molecular weight is 197 g/mol. The minimum Gasteiger partial charge on any atom is -0.375 e. The predicted octanol–water partition coefficient (Wildman–Crippen LogP) is 2.34. The van der Waals surface area contributed by atoms with Crippen LogP contribution in [0.1, 0.15) is 46.0 Å². The van der Waals surface area contributed by atoms with Gasteiger partial charge in [-0.1, -0.05) is 6.92 Å². The number of rotatable bonds is 1. The number of hydrogen-bond acceptors (Lipinski definition) is 2. The number of nitrogens with one attached hydrogen (secondary N) is 1. The van der Waals surface area contributed by atoms with Gasteiger partial charge in [0.25, 0.3) is 0 Å². The van der Waals surface area contributed by atoms with Crippen molar-refractivity contribution in [2.75, 3.05) is 19.7 Å². The Morgan fingerprint density at radius 1 is 1.36 bits per heavy atom. The van der Waals surface area contributed by atoms with Gasteiger partial charge in [0, 0.05) is 13.2 Å². The third kappa shape index (κ3) is 1.96. The van der Waals surface area contributed by atoms with Crippen molar-refractivity contribution in [3.8, 4) is 0 Å². The molecule has 2 aliphatic rings. The molecule has 0 aromatic rings. The molecule has 2 heterocycles. The van der Waals surface area contributed by atoms with Gasteiger partial charge in [0.15, 0.2) is 0 Å². The Kier molecular flexibility index (Phi) is 2.85.